The zero-order chi connectivity index (χ0) is 12.2. The molecule has 0 saturated carbocycles. The maximum atomic E-state index is 11.8. The molecule has 0 aromatic heterocycles. The Bertz CT molecular complexity index is 223. The van der Waals surface area contributed by atoms with Crippen LogP contribution in [0, 0.1) is 0 Å². The number of hydrogen-bond acceptors (Lipinski definition) is 3. The first-order valence-corrected chi connectivity index (χ1v) is 5.54. The molecular weight excluding hydrogens is 221 g/mol. The van der Waals surface area contributed by atoms with E-state index < -0.39 is 6.36 Å². The van der Waals surface area contributed by atoms with E-state index in [1.807, 2.05) is 6.92 Å². The largest absolute Gasteiger partial charge is 0.522 e. The molecule has 0 amide bonds. The molecule has 16 heavy (non-hydrogen) atoms. The van der Waals surface area contributed by atoms with Gasteiger partial charge in [-0.1, -0.05) is 6.92 Å². The summed E-state index contributed by atoms with van der Waals surface area (Å²) in [7, 11) is 0. The third-order valence-electron chi connectivity index (χ3n) is 3.22. The van der Waals surface area contributed by atoms with E-state index >= 15 is 0 Å². The smallest absolute Gasteiger partial charge is 0.314 e. The molecule has 0 spiro atoms. The molecule has 1 rings (SSSR count). The van der Waals surface area contributed by atoms with Crippen LogP contribution in [0.15, 0.2) is 0 Å². The van der Waals surface area contributed by atoms with Gasteiger partial charge in [0.15, 0.2) is 0 Å². The van der Waals surface area contributed by atoms with Gasteiger partial charge in [0.25, 0.3) is 0 Å². The fraction of sp³-hybridized carbons (Fsp3) is 1.00. The molecule has 1 heterocycles. The summed E-state index contributed by atoms with van der Waals surface area (Å²) in [5.74, 6) is 0. The second kappa shape index (κ2) is 5.33. The number of rotatable bonds is 4. The minimum atomic E-state index is -4.52. The van der Waals surface area contributed by atoms with Crippen molar-refractivity contribution in [1.29, 1.82) is 0 Å². The lowest BCUT2D eigenvalue weighted by Crippen LogP contribution is -2.60. The van der Waals surface area contributed by atoms with Crippen molar-refractivity contribution in [2.75, 3.05) is 32.8 Å². The Hall–Kier alpha value is -0.330. The molecule has 6 heteroatoms. The molecule has 0 aromatic rings. The van der Waals surface area contributed by atoms with Crippen molar-refractivity contribution in [2.24, 2.45) is 0 Å². The number of piperazine rings is 1. The predicted octanol–water partition coefficient (Wildman–Crippen LogP) is 1.60. The van der Waals surface area contributed by atoms with Gasteiger partial charge in [-0.25, -0.2) is 0 Å². The van der Waals surface area contributed by atoms with Crippen molar-refractivity contribution in [3.8, 4) is 0 Å². The highest BCUT2D eigenvalue weighted by Crippen LogP contribution is 2.21. The Balaban J connectivity index is 2.39. The van der Waals surface area contributed by atoms with Crippen molar-refractivity contribution < 1.29 is 17.9 Å². The van der Waals surface area contributed by atoms with E-state index in [0.717, 1.165) is 26.1 Å². The molecule has 0 aliphatic carbocycles. The fourth-order valence-corrected chi connectivity index (χ4v) is 1.96. The normalized spacial score (nSPS) is 28.3. The average molecular weight is 240 g/mol. The highest BCUT2D eigenvalue weighted by atomic mass is 19.4. The second-order valence-electron chi connectivity index (χ2n) is 4.31. The molecule has 1 atom stereocenters. The van der Waals surface area contributed by atoms with Crippen LogP contribution >= 0.6 is 0 Å². The molecule has 0 aromatic carbocycles. The van der Waals surface area contributed by atoms with Gasteiger partial charge >= 0.3 is 6.36 Å². The highest BCUT2D eigenvalue weighted by Gasteiger charge is 2.34. The molecule has 1 saturated heterocycles. The van der Waals surface area contributed by atoms with Crippen LogP contribution in [-0.4, -0.2) is 49.6 Å². The van der Waals surface area contributed by atoms with Gasteiger partial charge in [-0.2, -0.15) is 0 Å². The number of nitrogens with one attached hydrogen (secondary N) is 1. The first kappa shape index (κ1) is 13.7. The Morgan fingerprint density at radius 1 is 1.44 bits per heavy atom. The van der Waals surface area contributed by atoms with Crippen LogP contribution in [0.2, 0.25) is 0 Å². The summed E-state index contributed by atoms with van der Waals surface area (Å²) in [6.45, 7) is 6.55. The van der Waals surface area contributed by atoms with Crippen LogP contribution in [0.4, 0.5) is 13.2 Å². The third kappa shape index (κ3) is 3.92. The standard InChI is InChI=1S/C10H19F3N2O/c1-3-9(2)8-14-4-5-15(9)6-7-16-10(11,12)13/h14H,3-8H2,1-2H3. The fourth-order valence-electron chi connectivity index (χ4n) is 1.96. The lowest BCUT2D eigenvalue weighted by molar-refractivity contribution is -0.325. The third-order valence-corrected chi connectivity index (χ3v) is 3.22. The van der Waals surface area contributed by atoms with Gasteiger partial charge in [0.2, 0.25) is 0 Å². The number of nitrogens with zero attached hydrogens (tertiary/aromatic N) is 1. The topological polar surface area (TPSA) is 24.5 Å². The van der Waals surface area contributed by atoms with Crippen LogP contribution in [0.3, 0.4) is 0 Å². The number of alkyl halides is 3. The summed E-state index contributed by atoms with van der Waals surface area (Å²) in [4.78, 5) is 2.06. The van der Waals surface area contributed by atoms with Gasteiger partial charge in [-0.05, 0) is 13.3 Å². The molecule has 96 valence electrons. The molecule has 1 fully saturated rings. The van der Waals surface area contributed by atoms with E-state index in [2.05, 4.69) is 21.9 Å². The molecule has 0 radical (unpaired) electrons. The molecule has 3 nitrogen and oxygen atoms in total. The summed E-state index contributed by atoms with van der Waals surface area (Å²) in [5, 5.41) is 3.26. The molecule has 1 aliphatic rings. The van der Waals surface area contributed by atoms with E-state index in [9.17, 15) is 13.2 Å². The molecule has 0 bridgehead atoms. The van der Waals surface area contributed by atoms with Crippen LogP contribution in [-0.2, 0) is 4.74 Å². The zero-order valence-electron chi connectivity index (χ0n) is 9.73. The lowest BCUT2D eigenvalue weighted by Gasteiger charge is -2.44. The number of halogens is 3. The van der Waals surface area contributed by atoms with Crippen LogP contribution in [0.5, 0.6) is 0 Å². The first-order chi connectivity index (χ1) is 7.37. The van der Waals surface area contributed by atoms with Crippen LogP contribution in [0.1, 0.15) is 20.3 Å². The van der Waals surface area contributed by atoms with E-state index in [-0.39, 0.29) is 12.1 Å². The van der Waals surface area contributed by atoms with Gasteiger partial charge < -0.3 is 5.32 Å². The minimum Gasteiger partial charge on any atom is -0.314 e. The second-order valence-corrected chi connectivity index (χ2v) is 4.31. The van der Waals surface area contributed by atoms with Crippen LogP contribution < -0.4 is 5.32 Å². The molecule has 1 N–H and O–H groups in total. The van der Waals surface area contributed by atoms with E-state index in [1.165, 1.54) is 0 Å². The van der Waals surface area contributed by atoms with Crippen molar-refractivity contribution in [3.63, 3.8) is 0 Å². The highest BCUT2D eigenvalue weighted by molar-refractivity contribution is 4.91. The molecular formula is C10H19F3N2O. The van der Waals surface area contributed by atoms with Gasteiger partial charge in [0.05, 0.1) is 6.61 Å². The molecule has 1 unspecified atom stereocenters. The lowest BCUT2D eigenvalue weighted by atomic mass is 9.94. The van der Waals surface area contributed by atoms with Crippen molar-refractivity contribution in [2.45, 2.75) is 32.2 Å². The summed E-state index contributed by atoms with van der Waals surface area (Å²) in [5.41, 5.74) is -0.0623. The summed E-state index contributed by atoms with van der Waals surface area (Å²) >= 11 is 0. The maximum Gasteiger partial charge on any atom is 0.522 e. The number of ether oxygens (including phenoxy) is 1. The SMILES string of the molecule is CCC1(C)CNCCN1CCOC(F)(F)F. The first-order valence-electron chi connectivity index (χ1n) is 5.54. The quantitative estimate of drug-likeness (QED) is 0.807. The summed E-state index contributed by atoms with van der Waals surface area (Å²) < 4.78 is 39.3. The Kier molecular flexibility index (Phi) is 4.58. The van der Waals surface area contributed by atoms with E-state index in [4.69, 9.17) is 0 Å². The van der Waals surface area contributed by atoms with Gasteiger partial charge in [-0.3, -0.25) is 9.64 Å². The minimum absolute atomic E-state index is 0.0623. The average Bonchev–Trinajstić information content (AvgIpc) is 2.19. The predicted molar refractivity (Wildman–Crippen MR) is 55.1 cm³/mol. The van der Waals surface area contributed by atoms with E-state index in [0.29, 0.717) is 6.54 Å². The Morgan fingerprint density at radius 2 is 2.12 bits per heavy atom. The number of hydrogen-bond donors (Lipinski definition) is 1. The van der Waals surface area contributed by atoms with Crippen molar-refractivity contribution in [3.05, 3.63) is 0 Å². The summed E-state index contributed by atoms with van der Waals surface area (Å²) in [6, 6.07) is 0. The zero-order valence-corrected chi connectivity index (χ0v) is 9.73. The Morgan fingerprint density at radius 3 is 2.69 bits per heavy atom. The van der Waals surface area contributed by atoms with Gasteiger partial charge in [0, 0.05) is 31.7 Å². The van der Waals surface area contributed by atoms with Gasteiger partial charge in [-0.15, -0.1) is 13.2 Å². The van der Waals surface area contributed by atoms with Gasteiger partial charge in [0.1, 0.15) is 0 Å². The summed E-state index contributed by atoms with van der Waals surface area (Å²) in [6.07, 6.45) is -3.61. The molecule has 1 aliphatic heterocycles. The van der Waals surface area contributed by atoms with Crippen LogP contribution in [0.25, 0.3) is 0 Å². The maximum absolute atomic E-state index is 11.8. The Labute approximate surface area is 93.9 Å². The van der Waals surface area contributed by atoms with E-state index in [1.54, 1.807) is 0 Å². The monoisotopic (exact) mass is 240 g/mol. The van der Waals surface area contributed by atoms with Crippen molar-refractivity contribution in [1.82, 2.24) is 10.2 Å². The van der Waals surface area contributed by atoms with Crippen molar-refractivity contribution >= 4 is 0 Å².